The molecule has 0 saturated carbocycles. The first-order valence-electron chi connectivity index (χ1n) is 7.71. The van der Waals surface area contributed by atoms with Crippen molar-refractivity contribution in [3.8, 4) is 11.4 Å². The van der Waals surface area contributed by atoms with Gasteiger partial charge in [0.15, 0.2) is 0 Å². The van der Waals surface area contributed by atoms with Crippen molar-refractivity contribution in [3.05, 3.63) is 75.6 Å². The number of nitro groups is 1. The molecule has 0 fully saturated rings. The van der Waals surface area contributed by atoms with Crippen molar-refractivity contribution in [1.82, 2.24) is 20.1 Å². The van der Waals surface area contributed by atoms with Crippen molar-refractivity contribution >= 4 is 23.2 Å². The molecule has 0 bridgehead atoms. The summed E-state index contributed by atoms with van der Waals surface area (Å²) in [7, 11) is 0. The molecule has 8 nitrogen and oxygen atoms in total. The van der Waals surface area contributed by atoms with Gasteiger partial charge in [0.05, 0.1) is 17.2 Å². The average molecular weight is 372 g/mol. The number of hydrogen-bond donors (Lipinski definition) is 1. The molecule has 2 heterocycles. The summed E-state index contributed by atoms with van der Waals surface area (Å²) in [4.78, 5) is 26.9. The van der Waals surface area contributed by atoms with Gasteiger partial charge in [-0.1, -0.05) is 17.7 Å². The van der Waals surface area contributed by atoms with E-state index >= 15 is 0 Å². The van der Waals surface area contributed by atoms with Crippen LogP contribution in [0.2, 0.25) is 5.02 Å². The molecule has 0 aliphatic carbocycles. The number of rotatable bonds is 6. The molecule has 1 amide bonds. The summed E-state index contributed by atoms with van der Waals surface area (Å²) >= 11 is 5.83. The van der Waals surface area contributed by atoms with E-state index in [2.05, 4.69) is 15.4 Å². The van der Waals surface area contributed by atoms with Gasteiger partial charge >= 0.3 is 0 Å². The quantitative estimate of drug-likeness (QED) is 0.530. The topological polar surface area (TPSA) is 103 Å². The number of halogens is 1. The van der Waals surface area contributed by atoms with Gasteiger partial charge in [0.2, 0.25) is 0 Å². The Morgan fingerprint density at radius 1 is 1.23 bits per heavy atom. The fraction of sp³-hybridized carbons (Fsp3) is 0.118. The van der Waals surface area contributed by atoms with Crippen molar-refractivity contribution in [2.75, 3.05) is 6.54 Å². The highest BCUT2D eigenvalue weighted by Gasteiger charge is 2.20. The zero-order chi connectivity index (χ0) is 18.5. The average Bonchev–Trinajstić information content (AvgIpc) is 3.11. The van der Waals surface area contributed by atoms with Crippen LogP contribution in [-0.2, 0) is 6.54 Å². The summed E-state index contributed by atoms with van der Waals surface area (Å²) in [6.45, 7) is 0.665. The Morgan fingerprint density at radius 2 is 2.08 bits per heavy atom. The van der Waals surface area contributed by atoms with Gasteiger partial charge in [-0.3, -0.25) is 24.6 Å². The lowest BCUT2D eigenvalue weighted by Gasteiger charge is -2.06. The minimum absolute atomic E-state index is 0.0721. The molecule has 0 unspecified atom stereocenters. The largest absolute Gasteiger partial charge is 0.350 e. The van der Waals surface area contributed by atoms with Crippen LogP contribution < -0.4 is 5.32 Å². The van der Waals surface area contributed by atoms with E-state index in [1.54, 1.807) is 17.1 Å². The summed E-state index contributed by atoms with van der Waals surface area (Å²) in [5.41, 5.74) is 1.12. The fourth-order valence-electron chi connectivity index (χ4n) is 2.37. The Kier molecular flexibility index (Phi) is 5.23. The number of nitrogens with one attached hydrogen (secondary N) is 1. The molecule has 0 saturated heterocycles. The van der Waals surface area contributed by atoms with E-state index in [0.717, 1.165) is 11.4 Å². The van der Waals surface area contributed by atoms with Crippen LogP contribution in [0.5, 0.6) is 0 Å². The predicted molar refractivity (Wildman–Crippen MR) is 95.9 cm³/mol. The molecule has 0 aliphatic heterocycles. The standard InChI is InChI=1S/C17H14ClN5O3/c18-12-4-5-16(23(25)26)13(11-12)17(24)20-8-10-22-9-6-15(21-22)14-3-1-2-7-19-14/h1-7,9,11H,8,10H2,(H,20,24). The Labute approximate surface area is 153 Å². The molecule has 3 rings (SSSR count). The van der Waals surface area contributed by atoms with Crippen molar-refractivity contribution < 1.29 is 9.72 Å². The normalized spacial score (nSPS) is 10.5. The molecule has 132 valence electrons. The number of nitrogens with zero attached hydrogens (tertiary/aromatic N) is 4. The highest BCUT2D eigenvalue weighted by molar-refractivity contribution is 6.31. The molecular weight excluding hydrogens is 358 g/mol. The van der Waals surface area contributed by atoms with E-state index in [1.807, 2.05) is 24.3 Å². The summed E-state index contributed by atoms with van der Waals surface area (Å²) in [5, 5.41) is 18.3. The third-order valence-corrected chi connectivity index (χ3v) is 3.83. The third-order valence-electron chi connectivity index (χ3n) is 3.59. The second-order valence-corrected chi connectivity index (χ2v) is 5.79. The number of carbonyl (C=O) groups excluding carboxylic acids is 1. The van der Waals surface area contributed by atoms with Crippen molar-refractivity contribution in [1.29, 1.82) is 0 Å². The van der Waals surface area contributed by atoms with Gasteiger partial charge in [0.1, 0.15) is 11.3 Å². The number of amides is 1. The summed E-state index contributed by atoms with van der Waals surface area (Å²) < 4.78 is 1.66. The molecule has 0 radical (unpaired) electrons. The first kappa shape index (κ1) is 17.6. The lowest BCUT2D eigenvalue weighted by atomic mass is 10.1. The number of nitro benzene ring substituents is 1. The summed E-state index contributed by atoms with van der Waals surface area (Å²) in [6, 6.07) is 11.2. The smallest absolute Gasteiger partial charge is 0.282 e. The molecule has 0 aliphatic rings. The lowest BCUT2D eigenvalue weighted by Crippen LogP contribution is -2.28. The molecule has 2 aromatic heterocycles. The Bertz CT molecular complexity index is 943. The van der Waals surface area contributed by atoms with Gasteiger partial charge in [0.25, 0.3) is 11.6 Å². The van der Waals surface area contributed by atoms with Crippen LogP contribution in [0.1, 0.15) is 10.4 Å². The molecule has 9 heteroatoms. The van der Waals surface area contributed by atoms with E-state index in [-0.39, 0.29) is 22.8 Å². The maximum atomic E-state index is 12.2. The highest BCUT2D eigenvalue weighted by Crippen LogP contribution is 2.22. The monoisotopic (exact) mass is 371 g/mol. The van der Waals surface area contributed by atoms with E-state index in [4.69, 9.17) is 11.6 Å². The van der Waals surface area contributed by atoms with Crippen LogP contribution in [0.25, 0.3) is 11.4 Å². The molecule has 1 aromatic carbocycles. The van der Waals surface area contributed by atoms with E-state index in [0.29, 0.717) is 6.54 Å². The second kappa shape index (κ2) is 7.75. The summed E-state index contributed by atoms with van der Waals surface area (Å²) in [6.07, 6.45) is 3.46. The van der Waals surface area contributed by atoms with Gasteiger partial charge in [-0.2, -0.15) is 5.10 Å². The van der Waals surface area contributed by atoms with Crippen LogP contribution in [0.4, 0.5) is 5.69 Å². The third kappa shape index (κ3) is 4.04. The lowest BCUT2D eigenvalue weighted by molar-refractivity contribution is -0.385. The fourth-order valence-corrected chi connectivity index (χ4v) is 2.54. The number of pyridine rings is 1. The SMILES string of the molecule is O=C(NCCn1ccc(-c2ccccn2)n1)c1cc(Cl)ccc1[N+](=O)[O-]. The number of carbonyl (C=O) groups is 1. The van der Waals surface area contributed by atoms with Crippen molar-refractivity contribution in [3.63, 3.8) is 0 Å². The van der Waals surface area contributed by atoms with Gasteiger partial charge in [0, 0.05) is 30.0 Å². The molecular formula is C17H14ClN5O3. The van der Waals surface area contributed by atoms with E-state index in [9.17, 15) is 14.9 Å². The Morgan fingerprint density at radius 3 is 2.81 bits per heavy atom. The zero-order valence-electron chi connectivity index (χ0n) is 13.5. The van der Waals surface area contributed by atoms with Crippen LogP contribution in [0.15, 0.2) is 54.9 Å². The van der Waals surface area contributed by atoms with Crippen LogP contribution in [-0.4, -0.2) is 32.1 Å². The molecule has 26 heavy (non-hydrogen) atoms. The van der Waals surface area contributed by atoms with E-state index < -0.39 is 10.8 Å². The Balaban J connectivity index is 1.62. The van der Waals surface area contributed by atoms with Gasteiger partial charge in [-0.15, -0.1) is 0 Å². The molecule has 3 aromatic rings. The first-order chi connectivity index (χ1) is 12.5. The van der Waals surface area contributed by atoms with Crippen LogP contribution in [0.3, 0.4) is 0 Å². The Hall–Kier alpha value is -3.26. The maximum absolute atomic E-state index is 12.2. The van der Waals surface area contributed by atoms with Gasteiger partial charge in [-0.05, 0) is 30.3 Å². The summed E-state index contributed by atoms with van der Waals surface area (Å²) in [5.74, 6) is -0.559. The number of aromatic nitrogens is 3. The molecule has 0 spiro atoms. The second-order valence-electron chi connectivity index (χ2n) is 5.35. The highest BCUT2D eigenvalue weighted by atomic mass is 35.5. The van der Waals surface area contributed by atoms with Crippen LogP contribution in [0, 0.1) is 10.1 Å². The maximum Gasteiger partial charge on any atom is 0.282 e. The zero-order valence-corrected chi connectivity index (χ0v) is 14.3. The van der Waals surface area contributed by atoms with Crippen molar-refractivity contribution in [2.45, 2.75) is 6.54 Å². The van der Waals surface area contributed by atoms with Gasteiger partial charge < -0.3 is 5.32 Å². The molecule has 0 atom stereocenters. The van der Waals surface area contributed by atoms with Crippen molar-refractivity contribution in [2.24, 2.45) is 0 Å². The van der Waals surface area contributed by atoms with Crippen LogP contribution >= 0.6 is 11.6 Å². The predicted octanol–water partition coefficient (Wildman–Crippen LogP) is 2.94. The minimum atomic E-state index is -0.613. The molecule has 1 N–H and O–H groups in total. The number of hydrogen-bond acceptors (Lipinski definition) is 5. The number of benzene rings is 1. The van der Waals surface area contributed by atoms with E-state index in [1.165, 1.54) is 18.2 Å². The first-order valence-corrected chi connectivity index (χ1v) is 8.09. The van der Waals surface area contributed by atoms with Gasteiger partial charge in [-0.25, -0.2) is 0 Å². The minimum Gasteiger partial charge on any atom is -0.350 e.